The highest BCUT2D eigenvalue weighted by Gasteiger charge is 2.37. The first kappa shape index (κ1) is 12.5. The maximum atomic E-state index is 13.0. The average molecular weight is 231 g/mol. The summed E-state index contributed by atoms with van der Waals surface area (Å²) in [4.78, 5) is 10.5. The smallest absolute Gasteiger partial charge is 0.335 e. The molecule has 0 heterocycles. The van der Waals surface area contributed by atoms with Crippen molar-refractivity contribution in [2.45, 2.75) is 12.0 Å². The second-order valence-corrected chi connectivity index (χ2v) is 3.32. The monoisotopic (exact) mass is 231 g/mol. The predicted molar refractivity (Wildman–Crippen MR) is 52.4 cm³/mol. The summed E-state index contributed by atoms with van der Waals surface area (Å²) in [7, 11) is 0. The zero-order valence-electron chi connectivity index (χ0n) is 8.23. The van der Waals surface area contributed by atoms with Crippen LogP contribution in [0.5, 0.6) is 0 Å². The minimum absolute atomic E-state index is 0.0109. The molecule has 0 fully saturated rings. The zero-order valence-corrected chi connectivity index (χ0v) is 8.23. The standard InChI is InChI=1S/C10H11F2NO3/c11-10(12,5-14)8(13)6-1-3-7(4-2-6)9(15)16/h1-4,8,14H,5,13H2,(H,15,16)/t8-/m1/s1. The summed E-state index contributed by atoms with van der Waals surface area (Å²) in [5.74, 6) is -4.57. The van der Waals surface area contributed by atoms with Crippen LogP contribution in [-0.2, 0) is 0 Å². The molecule has 4 nitrogen and oxygen atoms in total. The molecule has 0 saturated carbocycles. The molecule has 0 aromatic heterocycles. The van der Waals surface area contributed by atoms with Gasteiger partial charge in [-0.2, -0.15) is 0 Å². The van der Waals surface area contributed by atoms with Gasteiger partial charge in [-0.25, -0.2) is 13.6 Å². The Morgan fingerprint density at radius 2 is 1.88 bits per heavy atom. The van der Waals surface area contributed by atoms with E-state index in [1.807, 2.05) is 0 Å². The van der Waals surface area contributed by atoms with Crippen LogP contribution in [0.25, 0.3) is 0 Å². The van der Waals surface area contributed by atoms with Gasteiger partial charge in [-0.05, 0) is 17.7 Å². The van der Waals surface area contributed by atoms with Crippen molar-refractivity contribution in [2.75, 3.05) is 6.61 Å². The third kappa shape index (κ3) is 2.53. The molecular formula is C10H11F2NO3. The summed E-state index contributed by atoms with van der Waals surface area (Å²) in [6, 6.07) is 3.13. The first-order chi connectivity index (χ1) is 7.38. The summed E-state index contributed by atoms with van der Waals surface area (Å²) in [5, 5.41) is 17.0. The van der Waals surface area contributed by atoms with Crippen molar-refractivity contribution in [3.05, 3.63) is 35.4 Å². The van der Waals surface area contributed by atoms with Gasteiger partial charge in [0.15, 0.2) is 0 Å². The van der Waals surface area contributed by atoms with Gasteiger partial charge in [0.2, 0.25) is 0 Å². The Kier molecular flexibility index (Phi) is 3.56. The average Bonchev–Trinajstić information content (AvgIpc) is 2.28. The van der Waals surface area contributed by atoms with Crippen molar-refractivity contribution in [1.82, 2.24) is 0 Å². The molecule has 1 aromatic carbocycles. The number of hydrogen-bond acceptors (Lipinski definition) is 3. The third-order valence-corrected chi connectivity index (χ3v) is 2.18. The highest BCUT2D eigenvalue weighted by atomic mass is 19.3. The molecule has 0 aliphatic heterocycles. The number of aliphatic hydroxyl groups is 1. The topological polar surface area (TPSA) is 83.6 Å². The fourth-order valence-electron chi connectivity index (χ4n) is 1.18. The molecule has 0 saturated heterocycles. The number of benzene rings is 1. The molecule has 0 radical (unpaired) electrons. The predicted octanol–water partition coefficient (Wildman–Crippen LogP) is 1.01. The normalized spacial score (nSPS) is 13.5. The second kappa shape index (κ2) is 4.54. The van der Waals surface area contributed by atoms with Crippen LogP contribution in [-0.4, -0.2) is 28.7 Å². The van der Waals surface area contributed by atoms with E-state index >= 15 is 0 Å². The number of hydrogen-bond donors (Lipinski definition) is 3. The van der Waals surface area contributed by atoms with Crippen molar-refractivity contribution in [3.63, 3.8) is 0 Å². The van der Waals surface area contributed by atoms with E-state index in [1.54, 1.807) is 0 Å². The lowest BCUT2D eigenvalue weighted by Gasteiger charge is -2.21. The van der Waals surface area contributed by atoms with Crippen LogP contribution < -0.4 is 5.73 Å². The molecule has 0 aliphatic rings. The van der Waals surface area contributed by atoms with E-state index in [0.29, 0.717) is 0 Å². The van der Waals surface area contributed by atoms with Gasteiger partial charge in [-0.15, -0.1) is 0 Å². The second-order valence-electron chi connectivity index (χ2n) is 3.32. The molecule has 1 atom stereocenters. The highest BCUT2D eigenvalue weighted by Crippen LogP contribution is 2.28. The first-order valence-corrected chi connectivity index (χ1v) is 4.46. The lowest BCUT2D eigenvalue weighted by atomic mass is 10.0. The van der Waals surface area contributed by atoms with Gasteiger partial charge in [0.1, 0.15) is 6.61 Å². The van der Waals surface area contributed by atoms with Crippen LogP contribution in [0.1, 0.15) is 22.0 Å². The number of halogens is 2. The van der Waals surface area contributed by atoms with Crippen LogP contribution in [0, 0.1) is 0 Å². The Hall–Kier alpha value is -1.53. The van der Waals surface area contributed by atoms with Gasteiger partial charge >= 0.3 is 5.97 Å². The molecule has 6 heteroatoms. The number of carboxylic acids is 1. The Balaban J connectivity index is 2.94. The van der Waals surface area contributed by atoms with E-state index in [4.69, 9.17) is 15.9 Å². The lowest BCUT2D eigenvalue weighted by molar-refractivity contribution is -0.0711. The lowest BCUT2D eigenvalue weighted by Crippen LogP contribution is -2.36. The van der Waals surface area contributed by atoms with E-state index in [-0.39, 0.29) is 11.1 Å². The zero-order chi connectivity index (χ0) is 12.3. The van der Waals surface area contributed by atoms with E-state index in [9.17, 15) is 13.6 Å². The largest absolute Gasteiger partial charge is 0.478 e. The van der Waals surface area contributed by atoms with Crippen LogP contribution >= 0.6 is 0 Å². The molecule has 1 rings (SSSR count). The van der Waals surface area contributed by atoms with Crippen molar-refractivity contribution in [1.29, 1.82) is 0 Å². The van der Waals surface area contributed by atoms with Crippen LogP contribution in [0.2, 0.25) is 0 Å². The maximum absolute atomic E-state index is 13.0. The maximum Gasteiger partial charge on any atom is 0.335 e. The number of alkyl halides is 2. The molecule has 88 valence electrons. The van der Waals surface area contributed by atoms with Gasteiger partial charge < -0.3 is 15.9 Å². The fraction of sp³-hybridized carbons (Fsp3) is 0.300. The summed E-state index contributed by atoms with van der Waals surface area (Å²) >= 11 is 0. The molecule has 0 unspecified atom stereocenters. The van der Waals surface area contributed by atoms with E-state index in [1.165, 1.54) is 24.3 Å². The van der Waals surface area contributed by atoms with Gasteiger partial charge in [0, 0.05) is 0 Å². The third-order valence-electron chi connectivity index (χ3n) is 2.18. The van der Waals surface area contributed by atoms with Crippen molar-refractivity contribution in [2.24, 2.45) is 5.73 Å². The van der Waals surface area contributed by atoms with Crippen LogP contribution in [0.4, 0.5) is 8.78 Å². The molecule has 0 aliphatic carbocycles. The molecule has 0 spiro atoms. The summed E-state index contributed by atoms with van der Waals surface area (Å²) < 4.78 is 26.0. The number of rotatable bonds is 4. The fourth-order valence-corrected chi connectivity index (χ4v) is 1.18. The minimum Gasteiger partial charge on any atom is -0.478 e. The summed E-state index contributed by atoms with van der Waals surface area (Å²) in [6.07, 6.45) is 0. The number of aliphatic hydroxyl groups excluding tert-OH is 1. The number of carboxylic acid groups (broad SMARTS) is 1. The Labute approximate surface area is 90.3 Å². The first-order valence-electron chi connectivity index (χ1n) is 4.46. The highest BCUT2D eigenvalue weighted by molar-refractivity contribution is 5.87. The Morgan fingerprint density at radius 3 is 2.25 bits per heavy atom. The van der Waals surface area contributed by atoms with Gasteiger partial charge in [-0.3, -0.25) is 0 Å². The number of carbonyl (C=O) groups is 1. The van der Waals surface area contributed by atoms with Gasteiger partial charge in [-0.1, -0.05) is 12.1 Å². The SMILES string of the molecule is N[C@H](c1ccc(C(=O)O)cc1)C(F)(F)CO. The van der Waals surface area contributed by atoms with Crippen molar-refractivity contribution < 1.29 is 23.8 Å². The molecule has 16 heavy (non-hydrogen) atoms. The van der Waals surface area contributed by atoms with E-state index < -0.39 is 24.5 Å². The Bertz CT molecular complexity index is 378. The summed E-state index contributed by atoms with van der Waals surface area (Å²) in [5.41, 5.74) is 5.31. The van der Waals surface area contributed by atoms with E-state index in [2.05, 4.69) is 0 Å². The molecule has 0 bridgehead atoms. The van der Waals surface area contributed by atoms with Gasteiger partial charge in [0.05, 0.1) is 11.6 Å². The minimum atomic E-state index is -3.43. The van der Waals surface area contributed by atoms with Crippen molar-refractivity contribution >= 4 is 5.97 Å². The van der Waals surface area contributed by atoms with Crippen LogP contribution in [0.15, 0.2) is 24.3 Å². The van der Waals surface area contributed by atoms with Crippen LogP contribution in [0.3, 0.4) is 0 Å². The number of nitrogens with two attached hydrogens (primary N) is 1. The molecule has 0 amide bonds. The van der Waals surface area contributed by atoms with E-state index in [0.717, 1.165) is 0 Å². The van der Waals surface area contributed by atoms with Gasteiger partial charge in [0.25, 0.3) is 5.92 Å². The molecular weight excluding hydrogens is 220 g/mol. The van der Waals surface area contributed by atoms with Crippen molar-refractivity contribution in [3.8, 4) is 0 Å². The Morgan fingerprint density at radius 1 is 1.38 bits per heavy atom. The quantitative estimate of drug-likeness (QED) is 0.722. The number of aromatic carboxylic acids is 1. The summed E-state index contributed by atoms with van der Waals surface area (Å²) in [6.45, 7) is -1.35. The molecule has 1 aromatic rings. The molecule has 4 N–H and O–H groups in total.